The van der Waals surface area contributed by atoms with Crippen LogP contribution < -0.4 is 10.9 Å². The molecule has 11 heteroatoms. The molecular weight excluding hydrogens is 576 g/mol. The van der Waals surface area contributed by atoms with Gasteiger partial charge in [-0.3, -0.25) is 14.6 Å². The van der Waals surface area contributed by atoms with E-state index in [0.717, 1.165) is 74.5 Å². The van der Waals surface area contributed by atoms with Crippen molar-refractivity contribution in [3.63, 3.8) is 0 Å². The van der Waals surface area contributed by atoms with Crippen LogP contribution in [-0.4, -0.2) is 71.6 Å². The summed E-state index contributed by atoms with van der Waals surface area (Å²) in [5.41, 5.74) is 3.53. The van der Waals surface area contributed by atoms with Gasteiger partial charge >= 0.3 is 0 Å². The van der Waals surface area contributed by atoms with Gasteiger partial charge in [-0.05, 0) is 122 Å². The number of hydrogen-bond acceptors (Lipinski definition) is 6. The van der Waals surface area contributed by atoms with Gasteiger partial charge in [0.05, 0.1) is 22.1 Å². The van der Waals surface area contributed by atoms with Gasteiger partial charge in [-0.2, -0.15) is 4.99 Å². The number of piperidine rings is 1. The number of carbonyl (C=O) groups is 2. The predicted octanol–water partition coefficient (Wildman–Crippen LogP) is 4.57. The van der Waals surface area contributed by atoms with E-state index in [2.05, 4.69) is 30.8 Å². The van der Waals surface area contributed by atoms with Gasteiger partial charge in [0.25, 0.3) is 5.91 Å². The van der Waals surface area contributed by atoms with Gasteiger partial charge in [-0.1, -0.05) is 6.42 Å². The van der Waals surface area contributed by atoms with Gasteiger partial charge in [0, 0.05) is 35.5 Å². The lowest BCUT2D eigenvalue weighted by Gasteiger charge is -2.29. The number of H-pyrrole nitrogens is 1. The summed E-state index contributed by atoms with van der Waals surface area (Å²) in [6, 6.07) is 8.16. The highest BCUT2D eigenvalue weighted by Gasteiger charge is 2.29. The maximum Gasteiger partial charge on any atom is 0.280 e. The van der Waals surface area contributed by atoms with Gasteiger partial charge in [-0.15, -0.1) is 0 Å². The number of rotatable bonds is 10. The molecule has 2 amide bonds. The van der Waals surface area contributed by atoms with E-state index in [-0.39, 0.29) is 28.8 Å². The summed E-state index contributed by atoms with van der Waals surface area (Å²) in [5, 5.41) is 3.05. The first-order chi connectivity index (χ1) is 21.1. The number of amides is 2. The largest absolute Gasteiger partial charge is 0.354 e. The van der Waals surface area contributed by atoms with Gasteiger partial charge in [0.2, 0.25) is 11.5 Å². The minimum atomic E-state index is -3.37. The number of sulfone groups is 1. The fourth-order valence-corrected chi connectivity index (χ4v) is 7.12. The number of pyridine rings is 1. The van der Waals surface area contributed by atoms with Crippen LogP contribution in [-0.2, 0) is 21.1 Å². The van der Waals surface area contributed by atoms with Crippen LogP contribution in [0.15, 0.2) is 46.4 Å². The van der Waals surface area contributed by atoms with E-state index >= 15 is 0 Å². The topological polar surface area (TPSA) is 130 Å². The van der Waals surface area contributed by atoms with E-state index < -0.39 is 15.7 Å². The Labute approximate surface area is 260 Å². The van der Waals surface area contributed by atoms with E-state index in [9.17, 15) is 18.0 Å². The number of nitrogens with one attached hydrogen (secondary N) is 2. The smallest absolute Gasteiger partial charge is 0.280 e. The van der Waals surface area contributed by atoms with Gasteiger partial charge in [0.15, 0.2) is 9.84 Å². The summed E-state index contributed by atoms with van der Waals surface area (Å²) in [4.78, 5) is 41.3. The molecule has 0 radical (unpaired) electrons. The number of fused-ring (bicyclic) bond motifs is 1. The third-order valence-electron chi connectivity index (χ3n) is 8.88. The van der Waals surface area contributed by atoms with Crippen LogP contribution in [0.4, 0.5) is 0 Å². The lowest BCUT2D eigenvalue weighted by Crippen LogP contribution is -2.38. The van der Waals surface area contributed by atoms with Gasteiger partial charge in [0.1, 0.15) is 0 Å². The Bertz CT molecular complexity index is 1630. The molecule has 3 heterocycles. The molecule has 0 bridgehead atoms. The number of likely N-dealkylation sites (tertiary alicyclic amines) is 1. The molecule has 10 nitrogen and oxygen atoms in total. The van der Waals surface area contributed by atoms with E-state index in [1.54, 1.807) is 0 Å². The Balaban J connectivity index is 1.40. The Morgan fingerprint density at radius 3 is 2.41 bits per heavy atom. The van der Waals surface area contributed by atoms with E-state index in [4.69, 9.17) is 4.98 Å². The number of hydrogen-bond donors (Lipinski definition) is 2. The van der Waals surface area contributed by atoms with Crippen molar-refractivity contribution < 1.29 is 18.0 Å². The molecule has 2 aliphatic rings. The van der Waals surface area contributed by atoms with Crippen LogP contribution in [0.1, 0.15) is 93.7 Å². The average Bonchev–Trinajstić information content (AvgIpc) is 3.36. The molecule has 238 valence electrons. The summed E-state index contributed by atoms with van der Waals surface area (Å²) in [6.07, 6.45) is 13.1. The lowest BCUT2D eigenvalue weighted by atomic mass is 9.85. The number of nitrogens with zero attached hydrogens (tertiary/aromatic N) is 4. The quantitative estimate of drug-likeness (QED) is 0.319. The minimum absolute atomic E-state index is 0.0213. The molecule has 1 saturated heterocycles. The highest BCUT2D eigenvalue weighted by atomic mass is 32.2. The number of aromatic amines is 1. The number of benzene rings is 1. The summed E-state index contributed by atoms with van der Waals surface area (Å²) >= 11 is 0. The van der Waals surface area contributed by atoms with Crippen molar-refractivity contribution in [1.29, 1.82) is 0 Å². The van der Waals surface area contributed by atoms with Crippen molar-refractivity contribution in [1.82, 2.24) is 24.8 Å². The molecule has 2 aromatic heterocycles. The van der Waals surface area contributed by atoms with Crippen LogP contribution >= 0.6 is 0 Å². The van der Waals surface area contributed by atoms with Crippen LogP contribution in [0.2, 0.25) is 0 Å². The van der Waals surface area contributed by atoms with Gasteiger partial charge < -0.3 is 19.8 Å². The van der Waals surface area contributed by atoms with Crippen LogP contribution in [0, 0.1) is 5.92 Å². The van der Waals surface area contributed by atoms with Crippen molar-refractivity contribution in [3.8, 4) is 0 Å². The fraction of sp³-hybridized carbons (Fsp3) is 0.576. The first-order valence-electron chi connectivity index (χ1n) is 16.1. The molecule has 2 N–H and O–H groups in total. The zero-order valence-corrected chi connectivity index (χ0v) is 27.0. The Morgan fingerprint density at radius 2 is 1.75 bits per heavy atom. The second kappa shape index (κ2) is 14.2. The summed E-state index contributed by atoms with van der Waals surface area (Å²) in [7, 11) is -3.37. The standard InChI is InChI=1S/C33H46N6O4S/c1-23(2)35-31(40)24-10-14-27(15-11-24)39-30-21-26(9-5-8-20-38-18-6-4-7-19-38)34-22-29(30)36-33(39)37-32(41)25-12-16-28(17-13-25)44(3,42)43/h12-13,16-17,21-24,27H,4-11,14-15,18-20H2,1-3H3,(H,35,40)(H,36,37,41)/t24-,27+. The molecule has 1 aliphatic heterocycles. The first-order valence-corrected chi connectivity index (χ1v) is 18.0. The molecule has 2 fully saturated rings. The first kappa shape index (κ1) is 32.1. The van der Waals surface area contributed by atoms with Crippen molar-refractivity contribution in [2.75, 3.05) is 25.9 Å². The molecule has 0 atom stereocenters. The molecule has 1 saturated carbocycles. The third kappa shape index (κ3) is 8.04. The van der Waals surface area contributed by atoms with Crippen molar-refractivity contribution >= 4 is 32.7 Å². The molecule has 1 aliphatic carbocycles. The average molecular weight is 623 g/mol. The van der Waals surface area contributed by atoms with Crippen LogP contribution in [0.25, 0.3) is 11.0 Å². The highest BCUT2D eigenvalue weighted by Crippen LogP contribution is 2.33. The number of aromatic nitrogens is 3. The maximum absolute atomic E-state index is 13.3. The Hall–Kier alpha value is -3.31. The lowest BCUT2D eigenvalue weighted by molar-refractivity contribution is -0.126. The molecule has 44 heavy (non-hydrogen) atoms. The summed E-state index contributed by atoms with van der Waals surface area (Å²) in [6.45, 7) is 7.51. The van der Waals surface area contributed by atoms with Crippen molar-refractivity contribution in [2.24, 2.45) is 10.9 Å². The number of imidazole rings is 1. The minimum Gasteiger partial charge on any atom is -0.354 e. The highest BCUT2D eigenvalue weighted by molar-refractivity contribution is 7.90. The molecule has 0 spiro atoms. The predicted molar refractivity (Wildman–Crippen MR) is 171 cm³/mol. The monoisotopic (exact) mass is 622 g/mol. The number of unbranched alkanes of at least 4 members (excludes halogenated alkanes) is 1. The van der Waals surface area contributed by atoms with Gasteiger partial charge in [-0.25, -0.2) is 8.42 Å². The number of aryl methyl sites for hydroxylation is 1. The SMILES string of the molecule is CC(C)NC(=O)[C@H]1CC[C@@H](n2/c(=N/C(=O)c3ccc(S(C)(=O)=O)cc3)[nH]c3cnc(CCCCN4CCCCC4)cc32)CC1. The van der Waals surface area contributed by atoms with E-state index in [1.807, 2.05) is 20.0 Å². The fourth-order valence-electron chi connectivity index (χ4n) is 6.49. The van der Waals surface area contributed by atoms with Crippen molar-refractivity contribution in [2.45, 2.75) is 95.0 Å². The van der Waals surface area contributed by atoms with Crippen LogP contribution in [0.3, 0.4) is 0 Å². The summed E-state index contributed by atoms with van der Waals surface area (Å²) < 4.78 is 25.9. The molecule has 3 aromatic rings. The maximum atomic E-state index is 13.3. The zero-order chi connectivity index (χ0) is 31.3. The second-order valence-electron chi connectivity index (χ2n) is 12.8. The Kier molecular flexibility index (Phi) is 10.4. The van der Waals surface area contributed by atoms with E-state index in [1.165, 1.54) is 56.6 Å². The molecule has 5 rings (SSSR count). The molecular formula is C33H46N6O4S. The summed E-state index contributed by atoms with van der Waals surface area (Å²) in [5.74, 6) is -0.371. The second-order valence-corrected chi connectivity index (χ2v) is 14.8. The molecule has 1 aromatic carbocycles. The van der Waals surface area contributed by atoms with Crippen LogP contribution in [0.5, 0.6) is 0 Å². The Morgan fingerprint density at radius 1 is 1.05 bits per heavy atom. The normalized spacial score (nSPS) is 20.3. The molecule has 0 unspecified atom stereocenters. The zero-order valence-electron chi connectivity index (χ0n) is 26.2. The van der Waals surface area contributed by atoms with Crippen molar-refractivity contribution in [3.05, 3.63) is 53.4 Å². The number of carbonyl (C=O) groups excluding carboxylic acids is 2. The van der Waals surface area contributed by atoms with E-state index in [0.29, 0.717) is 11.2 Å². The third-order valence-corrected chi connectivity index (χ3v) is 10.0.